The SMILES string of the molecule is COc1cc2c(cc1F)n(C)c(=O)n2C[C@H]1CC[C@H](C(=O)Nc2ccnnc2)CC1. The quantitative estimate of drug-likeness (QED) is 0.695. The zero-order valence-electron chi connectivity index (χ0n) is 17.0. The van der Waals surface area contributed by atoms with Crippen LogP contribution in [0.15, 0.2) is 35.4 Å². The van der Waals surface area contributed by atoms with E-state index in [1.807, 2.05) is 0 Å². The summed E-state index contributed by atoms with van der Waals surface area (Å²) >= 11 is 0. The maximum Gasteiger partial charge on any atom is 0.328 e. The number of rotatable bonds is 5. The molecule has 0 saturated heterocycles. The summed E-state index contributed by atoms with van der Waals surface area (Å²) in [5.74, 6) is -0.172. The Morgan fingerprint density at radius 2 is 2.00 bits per heavy atom. The molecule has 2 heterocycles. The maximum atomic E-state index is 14.1. The Bertz CT molecular complexity index is 1120. The molecule has 30 heavy (non-hydrogen) atoms. The van der Waals surface area contributed by atoms with E-state index in [0.29, 0.717) is 23.3 Å². The summed E-state index contributed by atoms with van der Waals surface area (Å²) in [6, 6.07) is 4.62. The number of carbonyl (C=O) groups excluding carboxylic acids is 1. The number of hydrogen-bond donors (Lipinski definition) is 1. The molecule has 0 spiro atoms. The summed E-state index contributed by atoms with van der Waals surface area (Å²) in [4.78, 5) is 25.2. The van der Waals surface area contributed by atoms with Gasteiger partial charge >= 0.3 is 5.69 Å². The Morgan fingerprint density at radius 3 is 2.67 bits per heavy atom. The largest absolute Gasteiger partial charge is 0.494 e. The van der Waals surface area contributed by atoms with E-state index in [0.717, 1.165) is 25.7 Å². The zero-order chi connectivity index (χ0) is 21.3. The number of benzene rings is 1. The highest BCUT2D eigenvalue weighted by Crippen LogP contribution is 2.32. The van der Waals surface area contributed by atoms with E-state index in [9.17, 15) is 14.0 Å². The Hall–Kier alpha value is -3.23. The van der Waals surface area contributed by atoms with E-state index in [4.69, 9.17) is 4.74 Å². The number of carbonyl (C=O) groups is 1. The molecule has 0 bridgehead atoms. The first kappa shape index (κ1) is 20.1. The Labute approximate surface area is 172 Å². The van der Waals surface area contributed by atoms with Crippen LogP contribution in [0.1, 0.15) is 25.7 Å². The van der Waals surface area contributed by atoms with Gasteiger partial charge in [-0.15, -0.1) is 0 Å². The molecule has 9 heteroatoms. The first-order valence-corrected chi connectivity index (χ1v) is 9.98. The van der Waals surface area contributed by atoms with Gasteiger partial charge in [0.25, 0.3) is 0 Å². The lowest BCUT2D eigenvalue weighted by molar-refractivity contribution is -0.121. The molecule has 1 amide bonds. The fourth-order valence-electron chi connectivity index (χ4n) is 4.21. The topological polar surface area (TPSA) is 91.0 Å². The number of halogens is 1. The molecule has 8 nitrogen and oxygen atoms in total. The third kappa shape index (κ3) is 3.79. The molecule has 1 fully saturated rings. The van der Waals surface area contributed by atoms with Gasteiger partial charge in [0.2, 0.25) is 5.91 Å². The van der Waals surface area contributed by atoms with Gasteiger partial charge in [0, 0.05) is 31.6 Å². The lowest BCUT2D eigenvalue weighted by Crippen LogP contribution is -2.30. The van der Waals surface area contributed by atoms with Gasteiger partial charge in [-0.2, -0.15) is 10.2 Å². The van der Waals surface area contributed by atoms with Crippen molar-refractivity contribution in [3.8, 4) is 5.75 Å². The first-order valence-electron chi connectivity index (χ1n) is 9.98. The maximum absolute atomic E-state index is 14.1. The standard InChI is InChI=1S/C21H24FN5O3/c1-26-17-9-16(22)19(30-2)10-18(17)27(21(26)29)12-13-3-5-14(6-4-13)20(28)25-15-7-8-23-24-11-15/h7-11,13-14H,3-6,12H2,1-2H3,(H,23,25,28)/t13-,14-. The lowest BCUT2D eigenvalue weighted by atomic mass is 9.81. The van der Waals surface area contributed by atoms with Crippen molar-refractivity contribution in [2.24, 2.45) is 18.9 Å². The van der Waals surface area contributed by atoms with Gasteiger partial charge in [-0.05, 0) is 37.7 Å². The van der Waals surface area contributed by atoms with Gasteiger partial charge < -0.3 is 10.1 Å². The highest BCUT2D eigenvalue weighted by Gasteiger charge is 2.28. The summed E-state index contributed by atoms with van der Waals surface area (Å²) in [5.41, 5.74) is 1.66. The van der Waals surface area contributed by atoms with Crippen LogP contribution in [-0.4, -0.2) is 32.3 Å². The number of hydrogen-bond acceptors (Lipinski definition) is 5. The molecule has 1 aliphatic carbocycles. The van der Waals surface area contributed by atoms with Crippen LogP contribution in [0.25, 0.3) is 11.0 Å². The van der Waals surface area contributed by atoms with Crippen molar-refractivity contribution in [1.82, 2.24) is 19.3 Å². The van der Waals surface area contributed by atoms with Crippen LogP contribution < -0.4 is 15.7 Å². The molecule has 4 rings (SSSR count). The van der Waals surface area contributed by atoms with Crippen LogP contribution >= 0.6 is 0 Å². The van der Waals surface area contributed by atoms with Gasteiger partial charge in [0.1, 0.15) is 0 Å². The molecule has 0 radical (unpaired) electrons. The Kier molecular flexibility index (Phi) is 5.52. The minimum Gasteiger partial charge on any atom is -0.494 e. The van der Waals surface area contributed by atoms with Crippen molar-refractivity contribution in [3.05, 3.63) is 46.9 Å². The van der Waals surface area contributed by atoms with Crippen LogP contribution in [-0.2, 0) is 18.4 Å². The van der Waals surface area contributed by atoms with Gasteiger partial charge in [0.15, 0.2) is 11.6 Å². The minimum absolute atomic E-state index is 0.0102. The van der Waals surface area contributed by atoms with Crippen molar-refractivity contribution in [1.29, 1.82) is 0 Å². The number of aryl methyl sites for hydroxylation is 1. The van der Waals surface area contributed by atoms with Crippen LogP contribution in [0.3, 0.4) is 0 Å². The molecule has 1 N–H and O–H groups in total. The van der Waals surface area contributed by atoms with Gasteiger partial charge in [-0.1, -0.05) is 0 Å². The molecule has 0 atom stereocenters. The number of anilines is 1. The molecule has 0 aliphatic heterocycles. The van der Waals surface area contributed by atoms with Crippen LogP contribution in [0, 0.1) is 17.7 Å². The molecule has 158 valence electrons. The highest BCUT2D eigenvalue weighted by atomic mass is 19.1. The predicted octanol–water partition coefficient (Wildman–Crippen LogP) is 2.72. The average molecular weight is 413 g/mol. The second-order valence-electron chi connectivity index (χ2n) is 7.77. The van der Waals surface area contributed by atoms with Crippen LogP contribution in [0.5, 0.6) is 5.75 Å². The number of amides is 1. The van der Waals surface area contributed by atoms with Crippen LogP contribution in [0.4, 0.5) is 10.1 Å². The predicted molar refractivity (Wildman–Crippen MR) is 110 cm³/mol. The summed E-state index contributed by atoms with van der Waals surface area (Å²) in [6.07, 6.45) is 6.25. The summed E-state index contributed by atoms with van der Waals surface area (Å²) in [7, 11) is 3.05. The number of nitrogens with one attached hydrogen (secondary N) is 1. The molecule has 1 aliphatic rings. The Morgan fingerprint density at radius 1 is 1.23 bits per heavy atom. The number of imidazole rings is 1. The van der Waals surface area contributed by atoms with Crippen molar-refractivity contribution >= 4 is 22.6 Å². The third-order valence-electron chi connectivity index (χ3n) is 5.93. The van der Waals surface area contributed by atoms with E-state index < -0.39 is 5.82 Å². The highest BCUT2D eigenvalue weighted by molar-refractivity contribution is 5.92. The molecule has 0 unspecified atom stereocenters. The summed E-state index contributed by atoms with van der Waals surface area (Å²) < 4.78 is 22.3. The number of methoxy groups -OCH3 is 1. The Balaban J connectivity index is 1.45. The fourth-order valence-corrected chi connectivity index (χ4v) is 4.21. The molecular weight excluding hydrogens is 389 g/mol. The number of aromatic nitrogens is 4. The van der Waals surface area contributed by atoms with Gasteiger partial charge in [-0.3, -0.25) is 13.9 Å². The molecule has 2 aromatic heterocycles. The van der Waals surface area contributed by atoms with E-state index in [1.54, 1.807) is 23.7 Å². The van der Waals surface area contributed by atoms with Crippen molar-refractivity contribution in [2.45, 2.75) is 32.2 Å². The number of ether oxygens (including phenoxy) is 1. The first-order chi connectivity index (χ1) is 14.5. The smallest absolute Gasteiger partial charge is 0.328 e. The van der Waals surface area contributed by atoms with Crippen molar-refractivity contribution in [3.63, 3.8) is 0 Å². The lowest BCUT2D eigenvalue weighted by Gasteiger charge is -2.28. The normalized spacial score (nSPS) is 19.0. The van der Waals surface area contributed by atoms with Crippen LogP contribution in [0.2, 0.25) is 0 Å². The molecule has 3 aromatic rings. The molecule has 1 aromatic carbocycles. The van der Waals surface area contributed by atoms with E-state index in [1.165, 1.54) is 30.1 Å². The summed E-state index contributed by atoms with van der Waals surface area (Å²) in [5, 5.41) is 10.3. The minimum atomic E-state index is -0.492. The third-order valence-corrected chi connectivity index (χ3v) is 5.93. The van der Waals surface area contributed by atoms with Crippen molar-refractivity contribution < 1.29 is 13.9 Å². The van der Waals surface area contributed by atoms with Gasteiger partial charge in [-0.25, -0.2) is 9.18 Å². The monoisotopic (exact) mass is 413 g/mol. The van der Waals surface area contributed by atoms with E-state index in [-0.39, 0.29) is 29.2 Å². The second-order valence-corrected chi connectivity index (χ2v) is 7.77. The molecular formula is C21H24FN5O3. The zero-order valence-corrected chi connectivity index (χ0v) is 17.0. The average Bonchev–Trinajstić information content (AvgIpc) is 2.98. The number of fused-ring (bicyclic) bond motifs is 1. The number of nitrogens with zero attached hydrogens (tertiary/aromatic N) is 4. The van der Waals surface area contributed by atoms with E-state index >= 15 is 0 Å². The summed E-state index contributed by atoms with van der Waals surface area (Å²) in [6.45, 7) is 0.535. The molecule has 1 saturated carbocycles. The fraction of sp³-hybridized carbons (Fsp3) is 0.429. The van der Waals surface area contributed by atoms with Gasteiger partial charge in [0.05, 0.1) is 36.2 Å². The second kappa shape index (κ2) is 8.25. The van der Waals surface area contributed by atoms with E-state index in [2.05, 4.69) is 15.5 Å². The van der Waals surface area contributed by atoms with Crippen molar-refractivity contribution in [2.75, 3.05) is 12.4 Å².